The minimum Gasteiger partial charge on any atom is -0.454 e. The van der Waals surface area contributed by atoms with Crippen LogP contribution in [0.3, 0.4) is 0 Å². The molecular weight excluding hydrogens is 436 g/mol. The second-order valence-corrected chi connectivity index (χ2v) is 8.07. The third-order valence-corrected chi connectivity index (χ3v) is 5.97. The van der Waals surface area contributed by atoms with Crippen molar-refractivity contribution in [2.75, 3.05) is 6.79 Å². The number of ether oxygens (including phenoxy) is 3. The van der Waals surface area contributed by atoms with Gasteiger partial charge in [0.2, 0.25) is 12.7 Å². The molecule has 0 saturated carbocycles. The number of benzene rings is 2. The first-order valence-electron chi connectivity index (χ1n) is 9.47. The van der Waals surface area contributed by atoms with Crippen LogP contribution in [0.15, 0.2) is 66.3 Å². The standard InChI is InChI=1S/C22H17ClN4O3S/c1-14-20(23)25-22(31-11-15-2-7-18-19(10-15)29-13-28-18)26-21(14)30-17-5-3-16(4-6-17)27-9-8-24-12-27/h2-10,12H,11,13H2,1H3. The van der Waals surface area contributed by atoms with Crippen LogP contribution in [0.5, 0.6) is 23.1 Å². The van der Waals surface area contributed by atoms with Crippen molar-refractivity contribution in [3.8, 4) is 28.8 Å². The van der Waals surface area contributed by atoms with E-state index in [9.17, 15) is 0 Å². The third kappa shape index (κ3) is 4.30. The van der Waals surface area contributed by atoms with E-state index in [0.29, 0.717) is 33.3 Å². The fourth-order valence-corrected chi connectivity index (χ4v) is 3.99. The molecule has 2 aromatic heterocycles. The Morgan fingerprint density at radius 3 is 2.74 bits per heavy atom. The molecule has 0 unspecified atom stereocenters. The monoisotopic (exact) mass is 452 g/mol. The van der Waals surface area contributed by atoms with Crippen LogP contribution >= 0.6 is 23.4 Å². The Hall–Kier alpha value is -3.23. The van der Waals surface area contributed by atoms with E-state index in [1.54, 1.807) is 12.5 Å². The molecule has 0 bridgehead atoms. The van der Waals surface area contributed by atoms with Crippen molar-refractivity contribution >= 4 is 23.4 Å². The normalized spacial score (nSPS) is 12.2. The Morgan fingerprint density at radius 2 is 1.94 bits per heavy atom. The summed E-state index contributed by atoms with van der Waals surface area (Å²) >= 11 is 7.82. The van der Waals surface area contributed by atoms with E-state index in [1.807, 2.05) is 60.2 Å². The molecule has 7 nitrogen and oxygen atoms in total. The summed E-state index contributed by atoms with van der Waals surface area (Å²) in [6.45, 7) is 2.09. The fraction of sp³-hybridized carbons (Fsp3) is 0.136. The molecule has 31 heavy (non-hydrogen) atoms. The van der Waals surface area contributed by atoms with Crippen LogP contribution in [0, 0.1) is 6.92 Å². The predicted molar refractivity (Wildman–Crippen MR) is 118 cm³/mol. The van der Waals surface area contributed by atoms with Crippen LogP contribution in [0.4, 0.5) is 0 Å². The molecular formula is C22H17ClN4O3S. The third-order valence-electron chi connectivity index (χ3n) is 4.68. The maximum atomic E-state index is 6.35. The zero-order valence-corrected chi connectivity index (χ0v) is 18.1. The highest BCUT2D eigenvalue weighted by Crippen LogP contribution is 2.35. The van der Waals surface area contributed by atoms with E-state index >= 15 is 0 Å². The summed E-state index contributed by atoms with van der Waals surface area (Å²) in [6, 6.07) is 13.5. The summed E-state index contributed by atoms with van der Waals surface area (Å²) in [4.78, 5) is 13.0. The number of thioether (sulfide) groups is 1. The number of fused-ring (bicyclic) bond motifs is 1. The number of imidazole rings is 1. The molecule has 0 fully saturated rings. The van der Waals surface area contributed by atoms with Crippen molar-refractivity contribution < 1.29 is 14.2 Å². The van der Waals surface area contributed by atoms with Gasteiger partial charge in [0, 0.05) is 29.4 Å². The van der Waals surface area contributed by atoms with Crippen LogP contribution < -0.4 is 14.2 Å². The molecule has 9 heteroatoms. The lowest BCUT2D eigenvalue weighted by Gasteiger charge is -2.11. The molecule has 0 spiro atoms. The van der Waals surface area contributed by atoms with Gasteiger partial charge in [-0.3, -0.25) is 0 Å². The van der Waals surface area contributed by atoms with Gasteiger partial charge in [-0.05, 0) is 48.9 Å². The van der Waals surface area contributed by atoms with Gasteiger partial charge in [0.1, 0.15) is 10.9 Å². The van der Waals surface area contributed by atoms with E-state index in [1.165, 1.54) is 11.8 Å². The summed E-state index contributed by atoms with van der Waals surface area (Å²) in [5.41, 5.74) is 2.75. The van der Waals surface area contributed by atoms with Gasteiger partial charge < -0.3 is 18.8 Å². The molecule has 4 aromatic rings. The van der Waals surface area contributed by atoms with Gasteiger partial charge in [-0.15, -0.1) is 0 Å². The Morgan fingerprint density at radius 1 is 1.10 bits per heavy atom. The quantitative estimate of drug-likeness (QED) is 0.219. The Bertz CT molecular complexity index is 1220. The second kappa shape index (κ2) is 8.49. The average Bonchev–Trinajstić information content (AvgIpc) is 3.48. The average molecular weight is 453 g/mol. The lowest BCUT2D eigenvalue weighted by Crippen LogP contribution is -1.98. The SMILES string of the molecule is Cc1c(Cl)nc(SCc2ccc3c(c2)OCO3)nc1Oc1ccc(-n2ccnc2)cc1. The molecule has 0 aliphatic carbocycles. The van der Waals surface area contributed by atoms with Crippen LogP contribution in [-0.4, -0.2) is 26.3 Å². The van der Waals surface area contributed by atoms with Gasteiger partial charge in [0.15, 0.2) is 16.7 Å². The lowest BCUT2D eigenvalue weighted by molar-refractivity contribution is 0.174. The van der Waals surface area contributed by atoms with Gasteiger partial charge in [-0.2, -0.15) is 4.98 Å². The second-order valence-electron chi connectivity index (χ2n) is 6.77. The van der Waals surface area contributed by atoms with Crippen LogP contribution in [0.2, 0.25) is 5.15 Å². The van der Waals surface area contributed by atoms with Crippen molar-refractivity contribution in [3.63, 3.8) is 0 Å². The van der Waals surface area contributed by atoms with Crippen LogP contribution in [0.1, 0.15) is 11.1 Å². The smallest absolute Gasteiger partial charge is 0.231 e. The summed E-state index contributed by atoms with van der Waals surface area (Å²) in [6.07, 6.45) is 5.36. The maximum absolute atomic E-state index is 6.35. The number of aromatic nitrogens is 4. The first-order chi connectivity index (χ1) is 15.2. The number of nitrogens with zero attached hydrogens (tertiary/aromatic N) is 4. The number of hydrogen-bond acceptors (Lipinski definition) is 7. The Balaban J connectivity index is 1.31. The first kappa shape index (κ1) is 19.7. The number of halogens is 1. The molecule has 3 heterocycles. The number of hydrogen-bond donors (Lipinski definition) is 0. The van der Waals surface area contributed by atoms with Gasteiger partial charge >= 0.3 is 0 Å². The predicted octanol–water partition coefficient (Wildman–Crippen LogP) is 5.44. The summed E-state index contributed by atoms with van der Waals surface area (Å²) < 4.78 is 18.7. The molecule has 2 aromatic carbocycles. The summed E-state index contributed by atoms with van der Waals surface area (Å²) in [5, 5.41) is 0.909. The molecule has 5 rings (SSSR count). The van der Waals surface area contributed by atoms with E-state index in [-0.39, 0.29) is 6.79 Å². The molecule has 0 saturated heterocycles. The Kier molecular flexibility index (Phi) is 5.40. The van der Waals surface area contributed by atoms with Gasteiger partial charge in [-0.1, -0.05) is 29.4 Å². The molecule has 1 aliphatic rings. The minimum absolute atomic E-state index is 0.257. The van der Waals surface area contributed by atoms with E-state index in [4.69, 9.17) is 25.8 Å². The lowest BCUT2D eigenvalue weighted by atomic mass is 10.2. The van der Waals surface area contributed by atoms with Gasteiger partial charge in [0.25, 0.3) is 0 Å². The first-order valence-corrected chi connectivity index (χ1v) is 10.8. The topological polar surface area (TPSA) is 71.3 Å². The van der Waals surface area contributed by atoms with Crippen molar-refractivity contribution in [2.45, 2.75) is 17.8 Å². The molecule has 0 amide bonds. The van der Waals surface area contributed by atoms with E-state index in [2.05, 4.69) is 15.0 Å². The molecule has 156 valence electrons. The zero-order chi connectivity index (χ0) is 21.2. The highest BCUT2D eigenvalue weighted by Gasteiger charge is 2.15. The van der Waals surface area contributed by atoms with Crippen molar-refractivity contribution in [1.82, 2.24) is 19.5 Å². The molecule has 0 atom stereocenters. The zero-order valence-electron chi connectivity index (χ0n) is 16.5. The van der Waals surface area contributed by atoms with Crippen LogP contribution in [-0.2, 0) is 5.75 Å². The maximum Gasteiger partial charge on any atom is 0.231 e. The summed E-state index contributed by atoms with van der Waals surface area (Å²) in [7, 11) is 0. The van der Waals surface area contributed by atoms with Crippen LogP contribution in [0.25, 0.3) is 5.69 Å². The molecule has 0 N–H and O–H groups in total. The fourth-order valence-electron chi connectivity index (χ4n) is 3.00. The van der Waals surface area contributed by atoms with E-state index in [0.717, 1.165) is 22.7 Å². The van der Waals surface area contributed by atoms with Crippen molar-refractivity contribution in [1.29, 1.82) is 0 Å². The van der Waals surface area contributed by atoms with Gasteiger partial charge in [0.05, 0.1) is 6.33 Å². The Labute approximate surface area is 188 Å². The van der Waals surface area contributed by atoms with Crippen molar-refractivity contribution in [3.05, 3.63) is 77.5 Å². The summed E-state index contributed by atoms with van der Waals surface area (Å²) in [5.74, 6) is 3.27. The van der Waals surface area contributed by atoms with Crippen molar-refractivity contribution in [2.24, 2.45) is 0 Å². The van der Waals surface area contributed by atoms with E-state index < -0.39 is 0 Å². The van der Waals surface area contributed by atoms with Gasteiger partial charge in [-0.25, -0.2) is 9.97 Å². The highest BCUT2D eigenvalue weighted by atomic mass is 35.5. The molecule has 0 radical (unpaired) electrons. The highest BCUT2D eigenvalue weighted by molar-refractivity contribution is 7.98. The largest absolute Gasteiger partial charge is 0.454 e. The minimum atomic E-state index is 0.257. The molecule has 1 aliphatic heterocycles. The number of rotatable bonds is 6.